The molecule has 0 unspecified atom stereocenters. The minimum Gasteiger partial charge on any atom is -0.458 e. The number of fused-ring (bicyclic) bond motifs is 1. The van der Waals surface area contributed by atoms with Gasteiger partial charge in [-0.15, -0.1) is 0 Å². The number of nitrogens with zero attached hydrogens (tertiary/aromatic N) is 3. The second-order valence-electron chi connectivity index (χ2n) is 6.20. The molecule has 0 N–H and O–H groups in total. The Morgan fingerprint density at radius 3 is 2.44 bits per heavy atom. The Bertz CT molecular complexity index is 790. The SMILES string of the molecule is CC(=O)O[C@@H]1[C@@H](OC(C)=O)[C@@H]2O[C@H](c3ccccc3)OCC2=C[C@@H]1N=[N+]=[N-]. The van der Waals surface area contributed by atoms with Crippen LogP contribution >= 0.6 is 0 Å². The molecule has 1 aromatic rings. The number of hydrogen-bond acceptors (Lipinski definition) is 7. The van der Waals surface area contributed by atoms with E-state index in [-0.39, 0.29) is 6.61 Å². The third-order valence-electron chi connectivity index (χ3n) is 4.24. The zero-order chi connectivity index (χ0) is 19.4. The standard InChI is InChI=1S/C18H19N3O6/c1-10(22)25-16-14(20-21-19)8-13-9-24-18(12-6-4-3-5-7-12)27-15(13)17(16)26-11(2)23/h3-8,14-18H,9H2,1-2H3/t14-,15+,16-,17-,18+/m0/s1. The summed E-state index contributed by atoms with van der Waals surface area (Å²) >= 11 is 0. The van der Waals surface area contributed by atoms with Crippen molar-refractivity contribution in [2.24, 2.45) is 5.11 Å². The molecule has 0 radical (unpaired) electrons. The molecule has 1 heterocycles. The fourth-order valence-corrected chi connectivity index (χ4v) is 3.22. The highest BCUT2D eigenvalue weighted by molar-refractivity contribution is 5.67. The Morgan fingerprint density at radius 1 is 1.15 bits per heavy atom. The van der Waals surface area contributed by atoms with E-state index < -0.39 is 42.6 Å². The Labute approximate surface area is 155 Å². The summed E-state index contributed by atoms with van der Waals surface area (Å²) in [5, 5.41) is 3.67. The Kier molecular flexibility index (Phi) is 5.75. The van der Waals surface area contributed by atoms with Gasteiger partial charge >= 0.3 is 11.9 Å². The summed E-state index contributed by atoms with van der Waals surface area (Å²) in [5.41, 5.74) is 10.3. The van der Waals surface area contributed by atoms with Gasteiger partial charge in [0.15, 0.2) is 18.5 Å². The number of azide groups is 1. The quantitative estimate of drug-likeness (QED) is 0.263. The van der Waals surface area contributed by atoms with E-state index in [0.29, 0.717) is 5.57 Å². The van der Waals surface area contributed by atoms with Crippen molar-refractivity contribution < 1.29 is 28.5 Å². The summed E-state index contributed by atoms with van der Waals surface area (Å²) in [5.74, 6) is -1.15. The van der Waals surface area contributed by atoms with Gasteiger partial charge in [-0.05, 0) is 11.1 Å². The molecule has 1 aliphatic carbocycles. The van der Waals surface area contributed by atoms with Crippen LogP contribution < -0.4 is 0 Å². The summed E-state index contributed by atoms with van der Waals surface area (Å²) in [7, 11) is 0. The fraction of sp³-hybridized carbons (Fsp3) is 0.444. The van der Waals surface area contributed by atoms with Crippen LogP contribution in [0.2, 0.25) is 0 Å². The molecule has 9 nitrogen and oxygen atoms in total. The smallest absolute Gasteiger partial charge is 0.303 e. The van der Waals surface area contributed by atoms with E-state index in [9.17, 15) is 9.59 Å². The lowest BCUT2D eigenvalue weighted by Gasteiger charge is -2.43. The highest BCUT2D eigenvalue weighted by Gasteiger charge is 2.47. The van der Waals surface area contributed by atoms with Crippen LogP contribution in [0.1, 0.15) is 25.7 Å². The maximum atomic E-state index is 11.7. The molecule has 0 spiro atoms. The third-order valence-corrected chi connectivity index (χ3v) is 4.24. The van der Waals surface area contributed by atoms with Crippen molar-refractivity contribution in [3.8, 4) is 0 Å². The summed E-state index contributed by atoms with van der Waals surface area (Å²) in [6, 6.07) is 8.47. The molecule has 1 aromatic carbocycles. The first-order valence-corrected chi connectivity index (χ1v) is 8.41. The van der Waals surface area contributed by atoms with Crippen LogP contribution in [-0.4, -0.2) is 42.9 Å². The van der Waals surface area contributed by atoms with Crippen LogP contribution in [0.3, 0.4) is 0 Å². The van der Waals surface area contributed by atoms with Crippen molar-refractivity contribution in [2.75, 3.05) is 6.61 Å². The maximum Gasteiger partial charge on any atom is 0.303 e. The number of ether oxygens (including phenoxy) is 4. The predicted octanol–water partition coefficient (Wildman–Crippen LogP) is 2.58. The second-order valence-corrected chi connectivity index (χ2v) is 6.20. The second kappa shape index (κ2) is 8.22. The van der Waals surface area contributed by atoms with Gasteiger partial charge in [0.25, 0.3) is 0 Å². The molecule has 1 fully saturated rings. The molecule has 27 heavy (non-hydrogen) atoms. The van der Waals surface area contributed by atoms with Crippen molar-refractivity contribution in [1.29, 1.82) is 0 Å². The number of carbonyl (C=O) groups excluding carboxylic acids is 2. The molecule has 9 heteroatoms. The summed E-state index contributed by atoms with van der Waals surface area (Å²) < 4.78 is 22.5. The summed E-state index contributed by atoms with van der Waals surface area (Å²) in [4.78, 5) is 26.0. The lowest BCUT2D eigenvalue weighted by molar-refractivity contribution is -0.235. The minimum atomic E-state index is -0.995. The molecular formula is C18H19N3O6. The van der Waals surface area contributed by atoms with Crippen molar-refractivity contribution in [2.45, 2.75) is 44.5 Å². The van der Waals surface area contributed by atoms with Gasteiger partial charge in [-0.3, -0.25) is 9.59 Å². The van der Waals surface area contributed by atoms with Crippen LogP contribution in [0, 0.1) is 0 Å². The average Bonchev–Trinajstić information content (AvgIpc) is 2.64. The normalized spacial score (nSPS) is 29.6. The first-order valence-electron chi connectivity index (χ1n) is 8.41. The van der Waals surface area contributed by atoms with E-state index in [1.54, 1.807) is 6.08 Å². The number of carbonyl (C=O) groups is 2. The molecule has 2 aliphatic rings. The van der Waals surface area contributed by atoms with E-state index in [2.05, 4.69) is 10.0 Å². The first kappa shape index (κ1) is 18.9. The van der Waals surface area contributed by atoms with Crippen LogP contribution in [0.15, 0.2) is 47.1 Å². The van der Waals surface area contributed by atoms with Gasteiger partial charge in [0.1, 0.15) is 6.10 Å². The molecule has 142 valence electrons. The number of benzene rings is 1. The van der Waals surface area contributed by atoms with Gasteiger partial charge in [0, 0.05) is 24.3 Å². The van der Waals surface area contributed by atoms with Gasteiger partial charge in [-0.25, -0.2) is 0 Å². The maximum absolute atomic E-state index is 11.7. The number of rotatable bonds is 4. The average molecular weight is 373 g/mol. The van der Waals surface area contributed by atoms with E-state index in [1.807, 2.05) is 30.3 Å². The lowest BCUT2D eigenvalue weighted by atomic mass is 9.87. The van der Waals surface area contributed by atoms with Crippen molar-refractivity contribution in [3.05, 3.63) is 58.0 Å². The zero-order valence-electron chi connectivity index (χ0n) is 14.8. The molecule has 0 bridgehead atoms. The number of hydrogen-bond donors (Lipinski definition) is 0. The van der Waals surface area contributed by atoms with Crippen LogP contribution in [0.5, 0.6) is 0 Å². The van der Waals surface area contributed by atoms with Crippen LogP contribution in [-0.2, 0) is 28.5 Å². The number of esters is 2. The Hall–Kier alpha value is -2.87. The molecule has 3 rings (SSSR count). The van der Waals surface area contributed by atoms with Gasteiger partial charge in [0.05, 0.1) is 12.6 Å². The fourth-order valence-electron chi connectivity index (χ4n) is 3.22. The topological polar surface area (TPSA) is 120 Å². The monoisotopic (exact) mass is 373 g/mol. The van der Waals surface area contributed by atoms with Crippen LogP contribution in [0.25, 0.3) is 10.4 Å². The molecule has 0 aromatic heterocycles. The zero-order valence-corrected chi connectivity index (χ0v) is 14.8. The van der Waals surface area contributed by atoms with E-state index >= 15 is 0 Å². The van der Waals surface area contributed by atoms with E-state index in [0.717, 1.165) is 5.56 Å². The van der Waals surface area contributed by atoms with Gasteiger partial charge < -0.3 is 18.9 Å². The highest BCUT2D eigenvalue weighted by Crippen LogP contribution is 2.37. The Balaban J connectivity index is 1.95. The van der Waals surface area contributed by atoms with Gasteiger partial charge in [-0.2, -0.15) is 0 Å². The molecule has 1 aliphatic heterocycles. The van der Waals surface area contributed by atoms with Gasteiger partial charge in [-0.1, -0.05) is 41.5 Å². The lowest BCUT2D eigenvalue weighted by Crippen LogP contribution is -2.55. The largest absolute Gasteiger partial charge is 0.458 e. The third kappa shape index (κ3) is 4.28. The Morgan fingerprint density at radius 2 is 1.81 bits per heavy atom. The van der Waals surface area contributed by atoms with Gasteiger partial charge in [0.2, 0.25) is 0 Å². The van der Waals surface area contributed by atoms with E-state index in [1.165, 1.54) is 13.8 Å². The molecular weight excluding hydrogens is 354 g/mol. The molecule has 0 amide bonds. The predicted molar refractivity (Wildman–Crippen MR) is 92.1 cm³/mol. The van der Waals surface area contributed by atoms with Crippen molar-refractivity contribution in [3.63, 3.8) is 0 Å². The van der Waals surface area contributed by atoms with E-state index in [4.69, 9.17) is 24.5 Å². The molecule has 0 saturated carbocycles. The minimum absolute atomic E-state index is 0.201. The van der Waals surface area contributed by atoms with Crippen molar-refractivity contribution in [1.82, 2.24) is 0 Å². The first-order chi connectivity index (χ1) is 13.0. The molecule has 1 saturated heterocycles. The van der Waals surface area contributed by atoms with Crippen LogP contribution in [0.4, 0.5) is 0 Å². The summed E-state index contributed by atoms with van der Waals surface area (Å²) in [6.45, 7) is 2.68. The van der Waals surface area contributed by atoms with Crippen molar-refractivity contribution >= 4 is 11.9 Å². The summed E-state index contributed by atoms with van der Waals surface area (Å²) in [6.07, 6.45) is -1.68. The molecule has 5 atom stereocenters. The highest BCUT2D eigenvalue weighted by atomic mass is 16.7.